The Labute approximate surface area is 194 Å². The van der Waals surface area contributed by atoms with E-state index in [2.05, 4.69) is 10.3 Å². The molecule has 0 saturated carbocycles. The molecule has 0 spiro atoms. The zero-order chi connectivity index (χ0) is 23.4. The quantitative estimate of drug-likeness (QED) is 0.377. The van der Waals surface area contributed by atoms with Crippen LogP contribution in [0.25, 0.3) is 10.9 Å². The van der Waals surface area contributed by atoms with Gasteiger partial charge in [-0.1, -0.05) is 23.4 Å². The minimum Gasteiger partial charge on any atom is -0.493 e. The third kappa shape index (κ3) is 5.35. The summed E-state index contributed by atoms with van der Waals surface area (Å²) < 4.78 is 11.9. The normalized spacial score (nSPS) is 12.9. The third-order valence-corrected chi connectivity index (χ3v) is 5.96. The zero-order valence-corrected chi connectivity index (χ0v) is 19.7. The summed E-state index contributed by atoms with van der Waals surface area (Å²) in [7, 11) is 3.05. The van der Waals surface area contributed by atoms with E-state index >= 15 is 0 Å². The lowest BCUT2D eigenvalue weighted by atomic mass is 10.2. The average molecular weight is 478 g/mol. The van der Waals surface area contributed by atoms with Crippen LogP contribution in [0.2, 0.25) is 5.02 Å². The Morgan fingerprint density at radius 3 is 2.56 bits per heavy atom. The second-order valence-corrected chi connectivity index (χ2v) is 8.88. The molecule has 2 atom stereocenters. The van der Waals surface area contributed by atoms with Crippen molar-refractivity contribution in [2.45, 2.75) is 36.9 Å². The van der Waals surface area contributed by atoms with Crippen LogP contribution in [0.15, 0.2) is 46.3 Å². The first-order chi connectivity index (χ1) is 15.2. The second kappa shape index (κ2) is 10.2. The summed E-state index contributed by atoms with van der Waals surface area (Å²) in [6.07, 6.45) is -0.769. The summed E-state index contributed by atoms with van der Waals surface area (Å²) in [5, 5.41) is 13.3. The van der Waals surface area contributed by atoms with E-state index in [0.717, 1.165) is 11.8 Å². The number of anilines is 1. The molecule has 1 aromatic heterocycles. The molecule has 0 fully saturated rings. The van der Waals surface area contributed by atoms with Gasteiger partial charge in [0.05, 0.1) is 43.0 Å². The molecule has 170 valence electrons. The van der Waals surface area contributed by atoms with Gasteiger partial charge < -0.3 is 19.9 Å². The maximum absolute atomic E-state index is 13.0. The largest absolute Gasteiger partial charge is 0.493 e. The predicted molar refractivity (Wildman–Crippen MR) is 126 cm³/mol. The highest BCUT2D eigenvalue weighted by atomic mass is 35.5. The number of amides is 1. The number of nitrogens with zero attached hydrogens (tertiary/aromatic N) is 2. The van der Waals surface area contributed by atoms with Crippen LogP contribution in [0, 0.1) is 0 Å². The first-order valence-corrected chi connectivity index (χ1v) is 11.1. The van der Waals surface area contributed by atoms with E-state index < -0.39 is 11.4 Å². The summed E-state index contributed by atoms with van der Waals surface area (Å²) in [4.78, 5) is 30.4. The van der Waals surface area contributed by atoms with Crippen LogP contribution in [-0.4, -0.2) is 46.1 Å². The van der Waals surface area contributed by atoms with Gasteiger partial charge in [-0.05, 0) is 44.2 Å². The molecule has 0 saturated heterocycles. The number of hydrogen-bond donors (Lipinski definition) is 2. The molecule has 1 amide bonds. The topological polar surface area (TPSA) is 103 Å². The summed E-state index contributed by atoms with van der Waals surface area (Å²) in [5.74, 6) is 0.754. The fraction of sp³-hybridized carbons (Fsp3) is 0.318. The molecule has 0 aliphatic carbocycles. The fourth-order valence-electron chi connectivity index (χ4n) is 3.06. The number of aliphatic hydroxyl groups is 1. The number of methoxy groups -OCH3 is 2. The Bertz CT molecular complexity index is 1200. The minimum absolute atomic E-state index is 0.0523. The van der Waals surface area contributed by atoms with Gasteiger partial charge in [0, 0.05) is 16.8 Å². The number of halogens is 1. The van der Waals surface area contributed by atoms with E-state index in [-0.39, 0.29) is 18.0 Å². The molecule has 32 heavy (non-hydrogen) atoms. The van der Waals surface area contributed by atoms with E-state index in [4.69, 9.17) is 21.1 Å². The third-order valence-electron chi connectivity index (χ3n) is 4.63. The molecule has 3 rings (SSSR count). The van der Waals surface area contributed by atoms with Crippen LogP contribution < -0.4 is 20.3 Å². The van der Waals surface area contributed by atoms with Gasteiger partial charge in [0.15, 0.2) is 16.7 Å². The number of aromatic nitrogens is 2. The number of benzene rings is 2. The number of carbonyl (C=O) groups is 1. The molecule has 1 heterocycles. The fourth-order valence-corrected chi connectivity index (χ4v) is 4.14. The molecule has 0 radical (unpaired) electrons. The highest BCUT2D eigenvalue weighted by Crippen LogP contribution is 2.30. The molecule has 0 unspecified atom stereocenters. The van der Waals surface area contributed by atoms with Gasteiger partial charge in [0.1, 0.15) is 0 Å². The van der Waals surface area contributed by atoms with Crippen molar-refractivity contribution in [3.8, 4) is 11.5 Å². The maximum atomic E-state index is 13.0. The number of fused-ring (bicyclic) bond motifs is 1. The Morgan fingerprint density at radius 2 is 1.91 bits per heavy atom. The van der Waals surface area contributed by atoms with Crippen molar-refractivity contribution in [1.82, 2.24) is 9.55 Å². The first-order valence-electron chi connectivity index (χ1n) is 9.81. The lowest BCUT2D eigenvalue weighted by Gasteiger charge is -2.17. The molecule has 10 heteroatoms. The monoisotopic (exact) mass is 477 g/mol. The van der Waals surface area contributed by atoms with Crippen LogP contribution in [0.3, 0.4) is 0 Å². The van der Waals surface area contributed by atoms with Gasteiger partial charge in [-0.15, -0.1) is 0 Å². The van der Waals surface area contributed by atoms with E-state index in [1.807, 2.05) is 0 Å². The number of hydrogen-bond acceptors (Lipinski definition) is 7. The van der Waals surface area contributed by atoms with E-state index in [1.54, 1.807) is 50.2 Å². The molecular weight excluding hydrogens is 454 g/mol. The van der Waals surface area contributed by atoms with Crippen LogP contribution in [0.1, 0.15) is 13.8 Å². The predicted octanol–water partition coefficient (Wildman–Crippen LogP) is 3.57. The molecular formula is C22H24ClN3O5S. The van der Waals surface area contributed by atoms with Crippen molar-refractivity contribution >= 4 is 45.9 Å². The number of aliphatic hydroxyl groups excluding tert-OH is 1. The van der Waals surface area contributed by atoms with Gasteiger partial charge >= 0.3 is 0 Å². The Kier molecular flexibility index (Phi) is 7.65. The summed E-state index contributed by atoms with van der Waals surface area (Å²) in [5.41, 5.74) is 0.668. The Balaban J connectivity index is 1.89. The molecule has 0 aliphatic heterocycles. The van der Waals surface area contributed by atoms with Gasteiger partial charge in [0.2, 0.25) is 5.91 Å². The SMILES string of the molecule is COc1ccc(NC(=O)[C@@H](C)Sc2nc3cc(Cl)ccc3c(=O)n2C[C@H](C)O)cc1OC. The van der Waals surface area contributed by atoms with Crippen molar-refractivity contribution in [3.63, 3.8) is 0 Å². The number of ether oxygens (including phenoxy) is 2. The average Bonchev–Trinajstić information content (AvgIpc) is 2.75. The molecule has 0 aliphatic rings. The van der Waals surface area contributed by atoms with Gasteiger partial charge in [-0.3, -0.25) is 14.2 Å². The number of nitrogens with one attached hydrogen (secondary N) is 1. The molecule has 8 nitrogen and oxygen atoms in total. The number of thioether (sulfide) groups is 1. The Hall–Kier alpha value is -2.75. The lowest BCUT2D eigenvalue weighted by Crippen LogP contribution is -2.29. The highest BCUT2D eigenvalue weighted by molar-refractivity contribution is 8.00. The molecule has 0 bridgehead atoms. The van der Waals surface area contributed by atoms with Gasteiger partial charge in [-0.25, -0.2) is 4.98 Å². The van der Waals surface area contributed by atoms with E-state index in [1.165, 1.54) is 18.8 Å². The summed E-state index contributed by atoms with van der Waals surface area (Å²) >= 11 is 7.18. The summed E-state index contributed by atoms with van der Waals surface area (Å²) in [6.45, 7) is 3.35. The lowest BCUT2D eigenvalue weighted by molar-refractivity contribution is -0.115. The maximum Gasteiger partial charge on any atom is 0.262 e. The van der Waals surface area contributed by atoms with Gasteiger partial charge in [0.25, 0.3) is 5.56 Å². The van der Waals surface area contributed by atoms with Crippen molar-refractivity contribution < 1.29 is 19.4 Å². The molecule has 2 N–H and O–H groups in total. The molecule has 3 aromatic rings. The van der Waals surface area contributed by atoms with Crippen molar-refractivity contribution in [2.75, 3.05) is 19.5 Å². The number of rotatable bonds is 8. The number of carbonyl (C=O) groups excluding carboxylic acids is 1. The zero-order valence-electron chi connectivity index (χ0n) is 18.1. The standard InChI is InChI=1S/C22H24ClN3O5S/c1-12(27)11-26-21(29)16-7-5-14(23)9-17(16)25-22(26)32-13(2)20(28)24-15-6-8-18(30-3)19(10-15)31-4/h5-10,12-13,27H,11H2,1-4H3,(H,24,28)/t12-,13+/m0/s1. The van der Waals surface area contributed by atoms with Crippen molar-refractivity contribution in [3.05, 3.63) is 51.8 Å². The smallest absolute Gasteiger partial charge is 0.262 e. The van der Waals surface area contributed by atoms with Crippen molar-refractivity contribution in [2.24, 2.45) is 0 Å². The van der Waals surface area contributed by atoms with Crippen molar-refractivity contribution in [1.29, 1.82) is 0 Å². The van der Waals surface area contributed by atoms with Crippen LogP contribution in [0.4, 0.5) is 5.69 Å². The highest BCUT2D eigenvalue weighted by Gasteiger charge is 2.21. The first kappa shape index (κ1) is 23.9. The minimum atomic E-state index is -0.769. The Morgan fingerprint density at radius 1 is 1.19 bits per heavy atom. The van der Waals surface area contributed by atoms with Gasteiger partial charge in [-0.2, -0.15) is 0 Å². The van der Waals surface area contributed by atoms with E-state index in [0.29, 0.717) is 38.3 Å². The molecule has 2 aromatic carbocycles. The summed E-state index contributed by atoms with van der Waals surface area (Å²) in [6, 6.07) is 9.88. The van der Waals surface area contributed by atoms with Crippen LogP contribution in [-0.2, 0) is 11.3 Å². The van der Waals surface area contributed by atoms with Crippen LogP contribution in [0.5, 0.6) is 11.5 Å². The van der Waals surface area contributed by atoms with E-state index in [9.17, 15) is 14.7 Å². The second-order valence-electron chi connectivity index (χ2n) is 7.14. The van der Waals surface area contributed by atoms with Crippen LogP contribution >= 0.6 is 23.4 Å².